The second-order valence-corrected chi connectivity index (χ2v) is 5.02. The molecule has 1 aromatic rings. The minimum Gasteiger partial charge on any atom is -0.435 e. The molecule has 6 heteroatoms. The lowest BCUT2D eigenvalue weighted by Gasteiger charge is -2.34. The molecule has 0 saturated heterocycles. The smallest absolute Gasteiger partial charge is 0.387 e. The highest BCUT2D eigenvalue weighted by molar-refractivity contribution is 5.29. The molecule has 0 amide bonds. The van der Waals surface area contributed by atoms with Gasteiger partial charge in [0.25, 0.3) is 0 Å². The van der Waals surface area contributed by atoms with E-state index in [4.69, 9.17) is 10.5 Å². The van der Waals surface area contributed by atoms with Gasteiger partial charge in [-0.25, -0.2) is 0 Å². The van der Waals surface area contributed by atoms with Crippen LogP contribution in [0.25, 0.3) is 0 Å². The van der Waals surface area contributed by atoms with Gasteiger partial charge in [0.2, 0.25) is 0 Å². The normalized spacial score (nSPS) is 13.2. The molecule has 0 bridgehead atoms. The van der Waals surface area contributed by atoms with Crippen molar-refractivity contribution in [2.75, 3.05) is 26.8 Å². The van der Waals surface area contributed by atoms with Crippen LogP contribution in [0, 0.1) is 0 Å². The Kier molecular flexibility index (Phi) is 7.56. The van der Waals surface area contributed by atoms with E-state index in [1.807, 2.05) is 0 Å². The Hall–Kier alpha value is -1.24. The Bertz CT molecular complexity index is 399. The second kappa shape index (κ2) is 8.92. The molecule has 1 rings (SSSR count). The third-order valence-corrected chi connectivity index (χ3v) is 3.33. The molecule has 0 aliphatic heterocycles. The van der Waals surface area contributed by atoms with Gasteiger partial charge in [-0.3, -0.25) is 4.90 Å². The lowest BCUT2D eigenvalue weighted by molar-refractivity contribution is -0.0498. The number of nitrogens with zero attached hydrogens (tertiary/aromatic N) is 1. The van der Waals surface area contributed by atoms with E-state index in [0.29, 0.717) is 19.2 Å². The highest BCUT2D eigenvalue weighted by atomic mass is 19.3. The summed E-state index contributed by atoms with van der Waals surface area (Å²) >= 11 is 0. The zero-order valence-corrected chi connectivity index (χ0v) is 12.8. The summed E-state index contributed by atoms with van der Waals surface area (Å²) in [7, 11) is 1.66. The lowest BCUT2D eigenvalue weighted by atomic mass is 10.0. The molecule has 0 heterocycles. The molecular weight excluding hydrogens is 278 g/mol. The van der Waals surface area contributed by atoms with E-state index in [1.165, 1.54) is 0 Å². The van der Waals surface area contributed by atoms with Gasteiger partial charge >= 0.3 is 6.61 Å². The number of hydrogen-bond donors (Lipinski definition) is 1. The monoisotopic (exact) mass is 302 g/mol. The number of methoxy groups -OCH3 is 1. The van der Waals surface area contributed by atoms with E-state index in [2.05, 4.69) is 23.5 Å². The van der Waals surface area contributed by atoms with E-state index in [1.54, 1.807) is 31.4 Å². The molecule has 21 heavy (non-hydrogen) atoms. The lowest BCUT2D eigenvalue weighted by Crippen LogP contribution is -2.40. The van der Waals surface area contributed by atoms with Crippen molar-refractivity contribution in [1.29, 1.82) is 0 Å². The third-order valence-electron chi connectivity index (χ3n) is 3.33. The van der Waals surface area contributed by atoms with Crippen molar-refractivity contribution in [2.45, 2.75) is 32.5 Å². The van der Waals surface area contributed by atoms with Crippen molar-refractivity contribution < 1.29 is 18.3 Å². The van der Waals surface area contributed by atoms with Gasteiger partial charge in [0, 0.05) is 32.3 Å². The van der Waals surface area contributed by atoms with Crippen LogP contribution in [0.2, 0.25) is 0 Å². The first-order chi connectivity index (χ1) is 9.99. The first-order valence-corrected chi connectivity index (χ1v) is 6.99. The minimum absolute atomic E-state index is 0.0146. The molecule has 1 atom stereocenters. The Morgan fingerprint density at radius 1 is 1.19 bits per heavy atom. The topological polar surface area (TPSA) is 47.7 Å². The third kappa shape index (κ3) is 5.57. The van der Waals surface area contributed by atoms with E-state index in [-0.39, 0.29) is 11.8 Å². The van der Waals surface area contributed by atoms with Crippen molar-refractivity contribution in [1.82, 2.24) is 4.90 Å². The Morgan fingerprint density at radius 2 is 1.81 bits per heavy atom. The molecule has 1 aromatic carbocycles. The van der Waals surface area contributed by atoms with Crippen LogP contribution in [0.1, 0.15) is 25.5 Å². The Labute approximate surface area is 124 Å². The molecule has 120 valence electrons. The number of nitrogens with two attached hydrogens (primary N) is 1. The molecule has 0 radical (unpaired) electrons. The fraction of sp³-hybridized carbons (Fsp3) is 0.600. The molecule has 2 N–H and O–H groups in total. The summed E-state index contributed by atoms with van der Waals surface area (Å²) in [5.41, 5.74) is 6.88. The summed E-state index contributed by atoms with van der Waals surface area (Å²) in [6.45, 7) is 3.18. The second-order valence-electron chi connectivity index (χ2n) is 5.02. The maximum absolute atomic E-state index is 12.2. The summed E-state index contributed by atoms with van der Waals surface area (Å²) in [6.07, 6.45) is 0. The average Bonchev–Trinajstić information content (AvgIpc) is 2.43. The maximum atomic E-state index is 12.2. The fourth-order valence-electron chi connectivity index (χ4n) is 2.30. The van der Waals surface area contributed by atoms with Crippen molar-refractivity contribution in [2.24, 2.45) is 5.73 Å². The van der Waals surface area contributed by atoms with Crippen LogP contribution in [0.5, 0.6) is 5.75 Å². The number of alkyl halides is 2. The zero-order valence-electron chi connectivity index (χ0n) is 12.8. The summed E-state index contributed by atoms with van der Waals surface area (Å²) in [5, 5.41) is 0. The van der Waals surface area contributed by atoms with Crippen molar-refractivity contribution >= 4 is 0 Å². The highest BCUT2D eigenvalue weighted by Gasteiger charge is 2.21. The number of ether oxygens (including phenoxy) is 2. The van der Waals surface area contributed by atoms with Gasteiger partial charge in [0.05, 0.1) is 6.61 Å². The van der Waals surface area contributed by atoms with Gasteiger partial charge in [0.1, 0.15) is 5.75 Å². The van der Waals surface area contributed by atoms with Gasteiger partial charge in [-0.15, -0.1) is 0 Å². The van der Waals surface area contributed by atoms with Gasteiger partial charge < -0.3 is 15.2 Å². The van der Waals surface area contributed by atoms with Crippen LogP contribution in [0.3, 0.4) is 0 Å². The van der Waals surface area contributed by atoms with Crippen LogP contribution in [-0.2, 0) is 4.74 Å². The summed E-state index contributed by atoms with van der Waals surface area (Å²) in [5.74, 6) is 0.150. The number of halogens is 2. The number of benzene rings is 1. The number of hydrogen-bond acceptors (Lipinski definition) is 4. The minimum atomic E-state index is -2.81. The molecule has 4 nitrogen and oxygen atoms in total. The first kappa shape index (κ1) is 17.8. The predicted molar refractivity (Wildman–Crippen MR) is 78.6 cm³/mol. The highest BCUT2D eigenvalue weighted by Crippen LogP contribution is 2.24. The van der Waals surface area contributed by atoms with Crippen molar-refractivity contribution in [3.05, 3.63) is 29.8 Å². The number of rotatable bonds is 9. The van der Waals surface area contributed by atoms with Crippen molar-refractivity contribution in [3.8, 4) is 5.75 Å². The largest absolute Gasteiger partial charge is 0.435 e. The predicted octanol–water partition coefficient (Wildman–Crippen LogP) is 2.64. The molecule has 0 spiro atoms. The van der Waals surface area contributed by atoms with Crippen LogP contribution in [-0.4, -0.2) is 44.4 Å². The first-order valence-electron chi connectivity index (χ1n) is 6.99. The van der Waals surface area contributed by atoms with E-state index in [0.717, 1.165) is 12.1 Å². The Morgan fingerprint density at radius 3 is 2.24 bits per heavy atom. The average molecular weight is 302 g/mol. The molecular formula is C15H24F2N2O2. The van der Waals surface area contributed by atoms with Gasteiger partial charge in [0.15, 0.2) is 0 Å². The molecule has 0 aliphatic carbocycles. The molecule has 0 aliphatic rings. The van der Waals surface area contributed by atoms with E-state index >= 15 is 0 Å². The summed E-state index contributed by atoms with van der Waals surface area (Å²) in [4.78, 5) is 2.23. The maximum Gasteiger partial charge on any atom is 0.387 e. The standard InChI is InChI=1S/C15H24F2N2O2/c1-11(2)19(8-9-20-3)14(10-18)12-4-6-13(7-5-12)21-15(16)17/h4-7,11,14-15H,8-10,18H2,1-3H3. The SMILES string of the molecule is COCCN(C(C)C)C(CN)c1ccc(OC(F)F)cc1. The van der Waals surface area contributed by atoms with Gasteiger partial charge in [-0.05, 0) is 31.5 Å². The van der Waals surface area contributed by atoms with Gasteiger partial charge in [-0.2, -0.15) is 8.78 Å². The van der Waals surface area contributed by atoms with Crippen LogP contribution in [0.15, 0.2) is 24.3 Å². The molecule has 0 saturated carbocycles. The summed E-state index contributed by atoms with van der Waals surface area (Å²) < 4.78 is 33.8. The molecule has 0 fully saturated rings. The fourth-order valence-corrected chi connectivity index (χ4v) is 2.30. The van der Waals surface area contributed by atoms with Crippen LogP contribution >= 0.6 is 0 Å². The van der Waals surface area contributed by atoms with Crippen LogP contribution < -0.4 is 10.5 Å². The van der Waals surface area contributed by atoms with E-state index in [9.17, 15) is 8.78 Å². The van der Waals surface area contributed by atoms with Crippen molar-refractivity contribution in [3.63, 3.8) is 0 Å². The summed E-state index contributed by atoms with van der Waals surface area (Å²) in [6, 6.07) is 6.94. The molecule has 0 aromatic heterocycles. The molecule has 1 unspecified atom stereocenters. The van der Waals surface area contributed by atoms with Crippen LogP contribution in [0.4, 0.5) is 8.78 Å². The zero-order chi connectivity index (χ0) is 15.8. The van der Waals surface area contributed by atoms with E-state index < -0.39 is 6.61 Å². The quantitative estimate of drug-likeness (QED) is 0.762. The van der Waals surface area contributed by atoms with Gasteiger partial charge in [-0.1, -0.05) is 12.1 Å². The Balaban J connectivity index is 2.86.